The van der Waals surface area contributed by atoms with Gasteiger partial charge in [0.1, 0.15) is 5.01 Å². The van der Waals surface area contributed by atoms with Gasteiger partial charge >= 0.3 is 0 Å². The molecule has 108 valence electrons. The van der Waals surface area contributed by atoms with Crippen LogP contribution >= 0.6 is 43.2 Å². The molecule has 0 amide bonds. The number of benzene rings is 2. The predicted molar refractivity (Wildman–Crippen MR) is 98.2 cm³/mol. The second kappa shape index (κ2) is 6.07. The van der Waals surface area contributed by atoms with Gasteiger partial charge in [-0.1, -0.05) is 12.1 Å². The lowest BCUT2D eigenvalue weighted by Gasteiger charge is -2.16. The zero-order valence-corrected chi connectivity index (χ0v) is 15.6. The molecule has 1 aromatic heterocycles. The average Bonchev–Trinajstić information content (AvgIpc) is 2.86. The molecule has 0 aliphatic rings. The third-order valence-electron chi connectivity index (χ3n) is 3.23. The van der Waals surface area contributed by atoms with Gasteiger partial charge in [-0.25, -0.2) is 4.98 Å². The quantitative estimate of drug-likeness (QED) is 0.532. The maximum absolute atomic E-state index is 4.71. The number of nitrogens with zero attached hydrogens (tertiary/aromatic N) is 1. The number of thiazole rings is 1. The molecule has 21 heavy (non-hydrogen) atoms. The van der Waals surface area contributed by atoms with E-state index >= 15 is 0 Å². The molecule has 3 aromatic rings. The van der Waals surface area contributed by atoms with E-state index in [1.54, 1.807) is 11.3 Å². The summed E-state index contributed by atoms with van der Waals surface area (Å²) >= 11 is 8.98. The Labute approximate surface area is 144 Å². The van der Waals surface area contributed by atoms with E-state index in [1.165, 1.54) is 10.3 Å². The number of para-hydroxylation sites is 1. The predicted octanol–water partition coefficient (Wildman–Crippen LogP) is 6.30. The summed E-state index contributed by atoms with van der Waals surface area (Å²) in [4.78, 5) is 4.71. The van der Waals surface area contributed by atoms with Crippen LogP contribution in [0.4, 0.5) is 5.69 Å². The van der Waals surface area contributed by atoms with Crippen LogP contribution in [0.5, 0.6) is 0 Å². The molecular weight excluding hydrogens is 412 g/mol. The molecule has 0 fully saturated rings. The van der Waals surface area contributed by atoms with Gasteiger partial charge in [-0.15, -0.1) is 11.3 Å². The molecule has 0 saturated heterocycles. The fourth-order valence-corrected chi connectivity index (χ4v) is 4.81. The van der Waals surface area contributed by atoms with Crippen LogP contribution in [-0.4, -0.2) is 4.98 Å². The minimum atomic E-state index is 0.151. The fraction of sp³-hybridized carbons (Fsp3) is 0.188. The van der Waals surface area contributed by atoms with Crippen molar-refractivity contribution in [3.05, 3.63) is 55.9 Å². The number of hydrogen-bond acceptors (Lipinski definition) is 3. The van der Waals surface area contributed by atoms with Crippen molar-refractivity contribution in [2.24, 2.45) is 0 Å². The summed E-state index contributed by atoms with van der Waals surface area (Å²) in [6, 6.07) is 12.6. The van der Waals surface area contributed by atoms with Gasteiger partial charge in [0, 0.05) is 8.95 Å². The first-order valence-corrected chi connectivity index (χ1v) is 9.02. The topological polar surface area (TPSA) is 24.9 Å². The number of nitrogens with one attached hydrogen (secondary N) is 1. The van der Waals surface area contributed by atoms with Crippen LogP contribution in [0.25, 0.3) is 10.2 Å². The van der Waals surface area contributed by atoms with Crippen molar-refractivity contribution in [1.29, 1.82) is 0 Å². The zero-order chi connectivity index (χ0) is 15.0. The SMILES string of the molecule is Cc1cc(Br)c(NC(C)c2nc3ccccc3s2)c(Br)c1. The summed E-state index contributed by atoms with van der Waals surface area (Å²) in [7, 11) is 0. The molecule has 5 heteroatoms. The minimum absolute atomic E-state index is 0.151. The number of anilines is 1. The summed E-state index contributed by atoms with van der Waals surface area (Å²) in [6.45, 7) is 4.22. The Morgan fingerprint density at radius 3 is 2.48 bits per heavy atom. The molecule has 0 saturated carbocycles. The molecule has 0 aliphatic heterocycles. The van der Waals surface area contributed by atoms with Crippen LogP contribution in [-0.2, 0) is 0 Å². The lowest BCUT2D eigenvalue weighted by molar-refractivity contribution is 0.872. The van der Waals surface area contributed by atoms with Crippen molar-refractivity contribution in [2.45, 2.75) is 19.9 Å². The normalized spacial score (nSPS) is 12.6. The van der Waals surface area contributed by atoms with E-state index in [0.29, 0.717) is 0 Å². The highest BCUT2D eigenvalue weighted by atomic mass is 79.9. The Morgan fingerprint density at radius 1 is 1.14 bits per heavy atom. The van der Waals surface area contributed by atoms with Gasteiger partial charge in [-0.3, -0.25) is 0 Å². The lowest BCUT2D eigenvalue weighted by Crippen LogP contribution is -2.07. The molecule has 2 aromatic carbocycles. The van der Waals surface area contributed by atoms with E-state index < -0.39 is 0 Å². The molecular formula is C16H14Br2N2S. The largest absolute Gasteiger partial charge is 0.374 e. The molecule has 0 bridgehead atoms. The van der Waals surface area contributed by atoms with E-state index in [0.717, 1.165) is 25.2 Å². The first-order chi connectivity index (χ1) is 10.0. The Hall–Kier alpha value is -0.910. The Morgan fingerprint density at radius 2 is 1.81 bits per heavy atom. The maximum atomic E-state index is 4.71. The first-order valence-electron chi connectivity index (χ1n) is 6.62. The Bertz CT molecular complexity index is 742. The number of aromatic nitrogens is 1. The molecule has 1 N–H and O–H groups in total. The van der Waals surface area contributed by atoms with Crippen LogP contribution in [0, 0.1) is 6.92 Å². The van der Waals surface area contributed by atoms with Crippen molar-refractivity contribution in [3.8, 4) is 0 Å². The van der Waals surface area contributed by atoms with Gasteiger partial charge in [0.25, 0.3) is 0 Å². The van der Waals surface area contributed by atoms with Gasteiger partial charge in [0.15, 0.2) is 0 Å². The molecule has 3 rings (SSSR count). The maximum Gasteiger partial charge on any atom is 0.116 e. The summed E-state index contributed by atoms with van der Waals surface area (Å²) in [5.74, 6) is 0. The van der Waals surface area contributed by atoms with E-state index in [2.05, 4.69) is 81.4 Å². The third kappa shape index (κ3) is 3.15. The fourth-order valence-electron chi connectivity index (χ4n) is 2.19. The van der Waals surface area contributed by atoms with Gasteiger partial charge in [0.2, 0.25) is 0 Å². The summed E-state index contributed by atoms with van der Waals surface area (Å²) < 4.78 is 3.34. The van der Waals surface area contributed by atoms with Gasteiger partial charge in [-0.05, 0) is 75.5 Å². The van der Waals surface area contributed by atoms with Crippen molar-refractivity contribution >= 4 is 59.1 Å². The molecule has 0 spiro atoms. The van der Waals surface area contributed by atoms with Crippen molar-refractivity contribution in [3.63, 3.8) is 0 Å². The highest BCUT2D eigenvalue weighted by Crippen LogP contribution is 2.36. The van der Waals surface area contributed by atoms with Crippen LogP contribution in [0.15, 0.2) is 45.3 Å². The first kappa shape index (κ1) is 15.0. The van der Waals surface area contributed by atoms with Crippen LogP contribution in [0.1, 0.15) is 23.5 Å². The lowest BCUT2D eigenvalue weighted by atomic mass is 10.2. The Kier molecular flexibility index (Phi) is 4.33. The number of halogens is 2. The monoisotopic (exact) mass is 424 g/mol. The van der Waals surface area contributed by atoms with Gasteiger partial charge in [-0.2, -0.15) is 0 Å². The molecule has 0 radical (unpaired) electrons. The molecule has 0 aliphatic carbocycles. The molecule has 1 unspecified atom stereocenters. The third-order valence-corrected chi connectivity index (χ3v) is 5.70. The number of aryl methyl sites for hydroxylation is 1. The van der Waals surface area contributed by atoms with E-state index in [1.807, 2.05) is 6.07 Å². The highest BCUT2D eigenvalue weighted by Gasteiger charge is 2.14. The number of hydrogen-bond donors (Lipinski definition) is 1. The summed E-state index contributed by atoms with van der Waals surface area (Å²) in [6.07, 6.45) is 0. The molecule has 2 nitrogen and oxygen atoms in total. The smallest absolute Gasteiger partial charge is 0.116 e. The van der Waals surface area contributed by atoms with Crippen LogP contribution in [0.3, 0.4) is 0 Å². The molecule has 1 heterocycles. The van der Waals surface area contributed by atoms with Crippen LogP contribution in [0.2, 0.25) is 0 Å². The highest BCUT2D eigenvalue weighted by molar-refractivity contribution is 9.11. The van der Waals surface area contributed by atoms with Crippen molar-refractivity contribution in [1.82, 2.24) is 4.98 Å². The Balaban J connectivity index is 1.91. The van der Waals surface area contributed by atoms with Gasteiger partial charge in [0.05, 0.1) is 21.9 Å². The second-order valence-electron chi connectivity index (χ2n) is 4.99. The standard InChI is InChI=1S/C16H14Br2N2S/c1-9-7-11(17)15(12(18)8-9)19-10(2)16-20-13-5-3-4-6-14(13)21-16/h3-8,10,19H,1-2H3. The average molecular weight is 426 g/mol. The van der Waals surface area contributed by atoms with Crippen molar-refractivity contribution in [2.75, 3.05) is 5.32 Å². The van der Waals surface area contributed by atoms with E-state index in [4.69, 9.17) is 4.98 Å². The van der Waals surface area contributed by atoms with E-state index in [9.17, 15) is 0 Å². The second-order valence-corrected chi connectivity index (χ2v) is 7.76. The molecule has 1 atom stereocenters. The van der Waals surface area contributed by atoms with Crippen molar-refractivity contribution < 1.29 is 0 Å². The van der Waals surface area contributed by atoms with E-state index in [-0.39, 0.29) is 6.04 Å². The minimum Gasteiger partial charge on any atom is -0.374 e. The van der Waals surface area contributed by atoms with Crippen LogP contribution < -0.4 is 5.32 Å². The summed E-state index contributed by atoms with van der Waals surface area (Å²) in [5.41, 5.74) is 3.34. The summed E-state index contributed by atoms with van der Waals surface area (Å²) in [5, 5.41) is 4.63. The zero-order valence-electron chi connectivity index (χ0n) is 11.7. The number of rotatable bonds is 3. The number of fused-ring (bicyclic) bond motifs is 1. The van der Waals surface area contributed by atoms with Gasteiger partial charge < -0.3 is 5.32 Å².